The third-order valence-electron chi connectivity index (χ3n) is 3.60. The molecule has 1 heteroatoms. The highest BCUT2D eigenvalue weighted by Crippen LogP contribution is 2.20. The molecule has 0 aliphatic rings. The molecule has 0 aliphatic heterocycles. The minimum Gasteiger partial charge on any atom is -0.369 e. The normalized spacial score (nSPS) is 12.4. The second-order valence-electron chi connectivity index (χ2n) is 5.23. The number of hydrogen-bond donors (Lipinski definition) is 0. The first kappa shape index (κ1) is 15.1. The van der Waals surface area contributed by atoms with E-state index in [9.17, 15) is 0 Å². The minimum atomic E-state index is 0.658. The maximum absolute atomic E-state index is 2.58. The number of unbranched alkanes of at least 4 members (excludes halogenated alkanes) is 3. The molecule has 0 fully saturated rings. The number of para-hydroxylation sites is 1. The SMILES string of the molecule is CCCCCC(C)N(CCCC)c1ccccc1. The van der Waals surface area contributed by atoms with E-state index < -0.39 is 0 Å². The zero-order chi connectivity index (χ0) is 13.2. The Balaban J connectivity index is 2.59. The molecule has 0 bridgehead atoms. The van der Waals surface area contributed by atoms with Crippen molar-refractivity contribution in [1.82, 2.24) is 0 Å². The van der Waals surface area contributed by atoms with Crippen LogP contribution >= 0.6 is 0 Å². The molecule has 1 atom stereocenters. The van der Waals surface area contributed by atoms with Crippen molar-refractivity contribution in [1.29, 1.82) is 0 Å². The molecular formula is C17H29N. The number of nitrogens with zero attached hydrogens (tertiary/aromatic N) is 1. The summed E-state index contributed by atoms with van der Waals surface area (Å²) in [6.45, 7) is 8.10. The minimum absolute atomic E-state index is 0.658. The molecule has 1 rings (SSSR count). The summed E-state index contributed by atoms with van der Waals surface area (Å²) in [5.74, 6) is 0. The van der Waals surface area contributed by atoms with Crippen molar-refractivity contribution in [3.63, 3.8) is 0 Å². The van der Waals surface area contributed by atoms with E-state index in [1.165, 1.54) is 50.8 Å². The van der Waals surface area contributed by atoms with Crippen molar-refractivity contribution in [2.75, 3.05) is 11.4 Å². The predicted molar refractivity (Wildman–Crippen MR) is 82.3 cm³/mol. The van der Waals surface area contributed by atoms with E-state index in [0.717, 1.165) is 0 Å². The summed E-state index contributed by atoms with van der Waals surface area (Å²) in [7, 11) is 0. The van der Waals surface area contributed by atoms with Crippen LogP contribution in [0.5, 0.6) is 0 Å². The summed E-state index contributed by atoms with van der Waals surface area (Å²) < 4.78 is 0. The fourth-order valence-electron chi connectivity index (χ4n) is 2.40. The first-order valence-electron chi connectivity index (χ1n) is 7.61. The summed E-state index contributed by atoms with van der Waals surface area (Å²) in [5.41, 5.74) is 1.38. The van der Waals surface area contributed by atoms with E-state index in [-0.39, 0.29) is 0 Å². The van der Waals surface area contributed by atoms with Gasteiger partial charge in [0, 0.05) is 18.3 Å². The van der Waals surface area contributed by atoms with Gasteiger partial charge in [-0.05, 0) is 31.9 Å². The average Bonchev–Trinajstić information content (AvgIpc) is 2.41. The van der Waals surface area contributed by atoms with E-state index in [1.807, 2.05) is 0 Å². The van der Waals surface area contributed by atoms with Crippen molar-refractivity contribution in [3.05, 3.63) is 30.3 Å². The fourth-order valence-corrected chi connectivity index (χ4v) is 2.40. The first-order valence-corrected chi connectivity index (χ1v) is 7.61. The van der Waals surface area contributed by atoms with Gasteiger partial charge in [-0.25, -0.2) is 0 Å². The molecule has 0 aromatic heterocycles. The largest absolute Gasteiger partial charge is 0.369 e. The molecule has 0 heterocycles. The molecule has 1 unspecified atom stereocenters. The quantitative estimate of drug-likeness (QED) is 0.538. The number of rotatable bonds is 9. The molecule has 0 spiro atoms. The topological polar surface area (TPSA) is 3.24 Å². The van der Waals surface area contributed by atoms with Gasteiger partial charge in [-0.15, -0.1) is 0 Å². The van der Waals surface area contributed by atoms with Crippen LogP contribution in [0.4, 0.5) is 5.69 Å². The number of anilines is 1. The van der Waals surface area contributed by atoms with Crippen molar-refractivity contribution in [2.45, 2.75) is 65.3 Å². The molecule has 0 aliphatic carbocycles. The lowest BCUT2D eigenvalue weighted by atomic mass is 10.1. The Bertz CT molecular complexity index is 294. The highest BCUT2D eigenvalue weighted by atomic mass is 15.2. The van der Waals surface area contributed by atoms with Gasteiger partial charge >= 0.3 is 0 Å². The van der Waals surface area contributed by atoms with Gasteiger partial charge in [-0.3, -0.25) is 0 Å². The van der Waals surface area contributed by atoms with Crippen molar-refractivity contribution in [2.24, 2.45) is 0 Å². The molecule has 1 aromatic rings. The van der Waals surface area contributed by atoms with Crippen LogP contribution in [0, 0.1) is 0 Å². The Labute approximate surface area is 113 Å². The predicted octanol–water partition coefficient (Wildman–Crippen LogP) is 5.26. The maximum atomic E-state index is 2.58. The molecule has 1 nitrogen and oxygen atoms in total. The molecule has 0 saturated heterocycles. The van der Waals surface area contributed by atoms with Crippen LogP contribution in [0.3, 0.4) is 0 Å². The van der Waals surface area contributed by atoms with Gasteiger partial charge in [-0.1, -0.05) is 57.7 Å². The third kappa shape index (κ3) is 5.12. The van der Waals surface area contributed by atoms with Crippen LogP contribution in [0.2, 0.25) is 0 Å². The molecule has 0 radical (unpaired) electrons. The summed E-state index contributed by atoms with van der Waals surface area (Å²) >= 11 is 0. The molecule has 0 saturated carbocycles. The van der Waals surface area contributed by atoms with Gasteiger partial charge < -0.3 is 4.90 Å². The Morgan fingerprint density at radius 1 is 0.944 bits per heavy atom. The molecule has 0 N–H and O–H groups in total. The first-order chi connectivity index (χ1) is 8.79. The zero-order valence-electron chi connectivity index (χ0n) is 12.4. The standard InChI is InChI=1S/C17H29N/c1-4-6-9-12-16(3)18(15-7-5-2)17-13-10-8-11-14-17/h8,10-11,13-14,16H,4-7,9,12,15H2,1-3H3. The second kappa shape index (κ2) is 9.02. The van der Waals surface area contributed by atoms with E-state index in [2.05, 4.69) is 56.0 Å². The number of hydrogen-bond acceptors (Lipinski definition) is 1. The van der Waals surface area contributed by atoms with E-state index >= 15 is 0 Å². The van der Waals surface area contributed by atoms with Crippen molar-refractivity contribution >= 4 is 5.69 Å². The van der Waals surface area contributed by atoms with E-state index in [4.69, 9.17) is 0 Å². The lowest BCUT2D eigenvalue weighted by Gasteiger charge is -2.31. The molecule has 1 aromatic carbocycles. The zero-order valence-corrected chi connectivity index (χ0v) is 12.4. The molecule has 102 valence electrons. The molecule has 0 amide bonds. The summed E-state index contributed by atoms with van der Waals surface area (Å²) in [6, 6.07) is 11.5. The molecule has 18 heavy (non-hydrogen) atoms. The van der Waals surface area contributed by atoms with Gasteiger partial charge in [0.1, 0.15) is 0 Å². The summed E-state index contributed by atoms with van der Waals surface area (Å²) in [4.78, 5) is 2.58. The summed E-state index contributed by atoms with van der Waals surface area (Å²) in [5, 5.41) is 0. The van der Waals surface area contributed by atoms with Gasteiger partial charge in [0.25, 0.3) is 0 Å². The van der Waals surface area contributed by atoms with Crippen LogP contribution < -0.4 is 4.90 Å². The van der Waals surface area contributed by atoms with Crippen LogP contribution in [0.15, 0.2) is 30.3 Å². The molecular weight excluding hydrogens is 218 g/mol. The monoisotopic (exact) mass is 247 g/mol. The highest BCUT2D eigenvalue weighted by molar-refractivity contribution is 5.46. The van der Waals surface area contributed by atoms with E-state index in [0.29, 0.717) is 6.04 Å². The Morgan fingerprint density at radius 3 is 2.22 bits per heavy atom. The Hall–Kier alpha value is -0.980. The van der Waals surface area contributed by atoms with Crippen molar-refractivity contribution < 1.29 is 0 Å². The van der Waals surface area contributed by atoms with Crippen LogP contribution in [-0.4, -0.2) is 12.6 Å². The second-order valence-corrected chi connectivity index (χ2v) is 5.23. The van der Waals surface area contributed by atoms with Crippen LogP contribution in [-0.2, 0) is 0 Å². The number of benzene rings is 1. The third-order valence-corrected chi connectivity index (χ3v) is 3.60. The smallest absolute Gasteiger partial charge is 0.0368 e. The summed E-state index contributed by atoms with van der Waals surface area (Å²) in [6.07, 6.45) is 7.89. The highest BCUT2D eigenvalue weighted by Gasteiger charge is 2.13. The Kier molecular flexibility index (Phi) is 7.55. The van der Waals surface area contributed by atoms with Crippen molar-refractivity contribution in [3.8, 4) is 0 Å². The maximum Gasteiger partial charge on any atom is 0.0368 e. The Morgan fingerprint density at radius 2 is 1.61 bits per heavy atom. The van der Waals surface area contributed by atoms with Gasteiger partial charge in [0.05, 0.1) is 0 Å². The van der Waals surface area contributed by atoms with E-state index in [1.54, 1.807) is 0 Å². The van der Waals surface area contributed by atoms with Gasteiger partial charge in [-0.2, -0.15) is 0 Å². The average molecular weight is 247 g/mol. The van der Waals surface area contributed by atoms with Gasteiger partial charge in [0.15, 0.2) is 0 Å². The van der Waals surface area contributed by atoms with Crippen LogP contribution in [0.25, 0.3) is 0 Å². The lowest BCUT2D eigenvalue weighted by Crippen LogP contribution is -2.33. The van der Waals surface area contributed by atoms with Gasteiger partial charge in [0.2, 0.25) is 0 Å². The fraction of sp³-hybridized carbons (Fsp3) is 0.647. The lowest BCUT2D eigenvalue weighted by molar-refractivity contribution is 0.537. The van der Waals surface area contributed by atoms with Crippen LogP contribution in [0.1, 0.15) is 59.3 Å².